The maximum atomic E-state index is 14.7. The normalized spacial score (nSPS) is 13.7. The number of piperidine rings is 1. The monoisotopic (exact) mass is 475 g/mol. The van der Waals surface area contributed by atoms with Crippen LogP contribution in [0.25, 0.3) is 11.3 Å². The summed E-state index contributed by atoms with van der Waals surface area (Å²) in [7, 11) is 1.28. The summed E-state index contributed by atoms with van der Waals surface area (Å²) in [5.74, 6) is -0.506. The maximum Gasteiger partial charge on any atom is 0.338 e. The molecule has 4 rings (SSSR count). The number of esters is 1. The van der Waals surface area contributed by atoms with E-state index in [0.29, 0.717) is 27.1 Å². The van der Waals surface area contributed by atoms with Crippen molar-refractivity contribution in [1.29, 1.82) is 0 Å². The molecule has 0 N–H and O–H groups in total. The summed E-state index contributed by atoms with van der Waals surface area (Å²) in [6.07, 6.45) is 4.61. The summed E-state index contributed by atoms with van der Waals surface area (Å²) >= 11 is 12.2. The smallest absolute Gasteiger partial charge is 0.338 e. The van der Waals surface area contributed by atoms with E-state index in [1.54, 1.807) is 24.3 Å². The number of hydrogen-bond donors (Lipinski definition) is 0. The number of nitrogens with zero attached hydrogens (tertiary/aromatic N) is 3. The van der Waals surface area contributed by atoms with Crippen molar-refractivity contribution in [3.05, 3.63) is 64.0 Å². The Morgan fingerprint density at radius 1 is 1.03 bits per heavy atom. The molecule has 2 aromatic heterocycles. The van der Waals surface area contributed by atoms with Crippen LogP contribution in [0.5, 0.6) is 11.6 Å². The molecule has 0 radical (unpaired) electrons. The van der Waals surface area contributed by atoms with Gasteiger partial charge in [0.15, 0.2) is 17.4 Å². The van der Waals surface area contributed by atoms with Gasteiger partial charge in [-0.25, -0.2) is 19.2 Å². The Morgan fingerprint density at radius 2 is 1.75 bits per heavy atom. The van der Waals surface area contributed by atoms with Crippen LogP contribution < -0.4 is 9.64 Å². The van der Waals surface area contributed by atoms with Crippen LogP contribution in [0.3, 0.4) is 0 Å². The number of ether oxygens (including phenoxy) is 2. The first-order chi connectivity index (χ1) is 15.4. The van der Waals surface area contributed by atoms with Gasteiger partial charge in [-0.2, -0.15) is 0 Å². The Balaban J connectivity index is 1.67. The van der Waals surface area contributed by atoms with Gasteiger partial charge in [0.2, 0.25) is 5.88 Å². The molecule has 1 aliphatic heterocycles. The number of benzene rings is 1. The number of aromatic nitrogens is 2. The third-order valence-corrected chi connectivity index (χ3v) is 5.49. The standard InChI is InChI=1S/C23H20Cl2FN3O3/c1-31-23(30)15-9-20(14-7-16(24)11-17(25)8-14)28-21(10-15)32-18-12-19(26)22(27-13-18)29-5-3-2-4-6-29/h7-13H,2-6H2,1H3. The van der Waals surface area contributed by atoms with Crippen LogP contribution in [0.15, 0.2) is 42.6 Å². The Bertz CT molecular complexity index is 1130. The average molecular weight is 476 g/mol. The van der Waals surface area contributed by atoms with Gasteiger partial charge in [0, 0.05) is 40.8 Å². The van der Waals surface area contributed by atoms with Crippen molar-refractivity contribution in [2.24, 2.45) is 0 Å². The van der Waals surface area contributed by atoms with Gasteiger partial charge in [0.25, 0.3) is 0 Å². The Labute approximate surface area is 194 Å². The van der Waals surface area contributed by atoms with Crippen molar-refractivity contribution in [3.8, 4) is 22.9 Å². The van der Waals surface area contributed by atoms with Gasteiger partial charge in [-0.15, -0.1) is 0 Å². The first kappa shape index (κ1) is 22.3. The first-order valence-electron chi connectivity index (χ1n) is 10.1. The Kier molecular flexibility index (Phi) is 6.77. The molecule has 0 bridgehead atoms. The second-order valence-corrected chi connectivity index (χ2v) is 8.23. The van der Waals surface area contributed by atoms with E-state index in [1.807, 2.05) is 4.90 Å². The highest BCUT2D eigenvalue weighted by Crippen LogP contribution is 2.31. The van der Waals surface area contributed by atoms with Gasteiger partial charge in [-0.1, -0.05) is 23.2 Å². The fourth-order valence-corrected chi connectivity index (χ4v) is 4.10. The van der Waals surface area contributed by atoms with Crippen LogP contribution >= 0.6 is 23.2 Å². The van der Waals surface area contributed by atoms with Crippen LogP contribution in [0, 0.1) is 5.82 Å². The summed E-state index contributed by atoms with van der Waals surface area (Å²) in [6, 6.07) is 9.13. The zero-order valence-electron chi connectivity index (χ0n) is 17.3. The Hall–Kier alpha value is -2.90. The maximum absolute atomic E-state index is 14.7. The van der Waals surface area contributed by atoms with E-state index >= 15 is 0 Å². The second-order valence-electron chi connectivity index (χ2n) is 7.36. The van der Waals surface area contributed by atoms with Crippen molar-refractivity contribution in [3.63, 3.8) is 0 Å². The molecule has 0 unspecified atom stereocenters. The molecule has 3 heterocycles. The van der Waals surface area contributed by atoms with E-state index in [2.05, 4.69) is 9.97 Å². The fourth-order valence-electron chi connectivity index (χ4n) is 3.57. The van der Waals surface area contributed by atoms with Crippen molar-refractivity contribution in [1.82, 2.24) is 9.97 Å². The third kappa shape index (κ3) is 5.11. The molecule has 0 spiro atoms. The molecule has 1 fully saturated rings. The largest absolute Gasteiger partial charge is 0.465 e. The van der Waals surface area contributed by atoms with E-state index in [1.165, 1.54) is 25.4 Å². The van der Waals surface area contributed by atoms with Crippen LogP contribution in [0.2, 0.25) is 10.0 Å². The van der Waals surface area contributed by atoms with Crippen molar-refractivity contribution >= 4 is 35.0 Å². The first-order valence-corrected chi connectivity index (χ1v) is 10.8. The molecule has 0 saturated carbocycles. The minimum absolute atomic E-state index is 0.0749. The zero-order chi connectivity index (χ0) is 22.7. The fraction of sp³-hybridized carbons (Fsp3) is 0.261. The van der Waals surface area contributed by atoms with Crippen LogP contribution in [0.4, 0.5) is 10.2 Å². The van der Waals surface area contributed by atoms with Gasteiger partial charge >= 0.3 is 5.97 Å². The molecule has 0 amide bonds. The summed E-state index contributed by atoms with van der Waals surface area (Å²) in [4.78, 5) is 22.8. The molecule has 6 nitrogen and oxygen atoms in total. The topological polar surface area (TPSA) is 64.6 Å². The predicted octanol–water partition coefficient (Wildman–Crippen LogP) is 6.16. The molecule has 1 aromatic carbocycles. The molecule has 1 aliphatic rings. The van der Waals surface area contributed by atoms with Crippen molar-refractivity contribution in [2.75, 3.05) is 25.1 Å². The number of halogens is 3. The molecule has 0 atom stereocenters. The SMILES string of the molecule is COC(=O)c1cc(Oc2cnc(N3CCCCC3)c(F)c2)nc(-c2cc(Cl)cc(Cl)c2)c1. The molecule has 1 saturated heterocycles. The van der Waals surface area contributed by atoms with E-state index in [9.17, 15) is 9.18 Å². The highest BCUT2D eigenvalue weighted by Gasteiger charge is 2.18. The van der Waals surface area contributed by atoms with Gasteiger partial charge in [0.1, 0.15) is 0 Å². The number of rotatable bonds is 5. The lowest BCUT2D eigenvalue weighted by Crippen LogP contribution is -2.30. The van der Waals surface area contributed by atoms with Crippen LogP contribution in [-0.2, 0) is 4.74 Å². The van der Waals surface area contributed by atoms with E-state index in [4.69, 9.17) is 32.7 Å². The van der Waals surface area contributed by atoms with Gasteiger partial charge in [-0.3, -0.25) is 0 Å². The molecule has 9 heteroatoms. The van der Waals surface area contributed by atoms with E-state index < -0.39 is 11.8 Å². The summed E-state index contributed by atoms with van der Waals surface area (Å²) in [6.45, 7) is 1.55. The number of carbonyl (C=O) groups excluding carboxylic acids is 1. The molecule has 3 aromatic rings. The highest BCUT2D eigenvalue weighted by atomic mass is 35.5. The van der Waals surface area contributed by atoms with Gasteiger partial charge in [0.05, 0.1) is 24.6 Å². The molecule has 166 valence electrons. The number of carbonyl (C=O) groups is 1. The highest BCUT2D eigenvalue weighted by molar-refractivity contribution is 6.35. The van der Waals surface area contributed by atoms with E-state index in [0.717, 1.165) is 32.4 Å². The van der Waals surface area contributed by atoms with Crippen LogP contribution in [0.1, 0.15) is 29.6 Å². The quantitative estimate of drug-likeness (QED) is 0.411. The number of anilines is 1. The lowest BCUT2D eigenvalue weighted by molar-refractivity contribution is 0.0600. The summed E-state index contributed by atoms with van der Waals surface area (Å²) in [5.41, 5.74) is 1.19. The summed E-state index contributed by atoms with van der Waals surface area (Å²) in [5, 5.41) is 0.833. The third-order valence-electron chi connectivity index (χ3n) is 5.06. The molecular weight excluding hydrogens is 456 g/mol. The molecule has 32 heavy (non-hydrogen) atoms. The second kappa shape index (κ2) is 9.71. The minimum atomic E-state index is -0.573. The van der Waals surface area contributed by atoms with Gasteiger partial charge in [-0.05, 0) is 43.5 Å². The van der Waals surface area contributed by atoms with Crippen molar-refractivity contribution < 1.29 is 18.7 Å². The van der Waals surface area contributed by atoms with Crippen LogP contribution in [-0.4, -0.2) is 36.1 Å². The van der Waals surface area contributed by atoms with Gasteiger partial charge < -0.3 is 14.4 Å². The van der Waals surface area contributed by atoms with Crippen molar-refractivity contribution in [2.45, 2.75) is 19.3 Å². The lowest BCUT2D eigenvalue weighted by atomic mass is 10.1. The zero-order valence-corrected chi connectivity index (χ0v) is 18.8. The summed E-state index contributed by atoms with van der Waals surface area (Å²) < 4.78 is 25.3. The molecule has 0 aliphatic carbocycles. The number of hydrogen-bond acceptors (Lipinski definition) is 6. The average Bonchev–Trinajstić information content (AvgIpc) is 2.78. The van der Waals surface area contributed by atoms with E-state index in [-0.39, 0.29) is 17.2 Å². The number of pyridine rings is 2. The predicted molar refractivity (Wildman–Crippen MR) is 121 cm³/mol. The molecular formula is C23H20Cl2FN3O3. The Morgan fingerprint density at radius 3 is 2.41 bits per heavy atom. The number of methoxy groups -OCH3 is 1. The lowest BCUT2D eigenvalue weighted by Gasteiger charge is -2.27. The minimum Gasteiger partial charge on any atom is -0.465 e.